The van der Waals surface area contributed by atoms with Crippen molar-refractivity contribution in [2.45, 2.75) is 32.6 Å². The Bertz CT molecular complexity index is 552. The molecule has 2 nitrogen and oxygen atoms in total. The number of alkyl halides is 1. The molecule has 0 saturated heterocycles. The highest BCUT2D eigenvalue weighted by Crippen LogP contribution is 2.26. The molecule has 1 aromatic heterocycles. The molecule has 0 spiro atoms. The summed E-state index contributed by atoms with van der Waals surface area (Å²) in [6, 6.07) is 14.5. The van der Waals surface area contributed by atoms with Gasteiger partial charge in [0.25, 0.3) is 0 Å². The van der Waals surface area contributed by atoms with Gasteiger partial charge in [0, 0.05) is 23.8 Å². The van der Waals surface area contributed by atoms with E-state index in [1.54, 1.807) is 0 Å². The summed E-state index contributed by atoms with van der Waals surface area (Å²) in [4.78, 5) is 7.01. The van der Waals surface area contributed by atoms with Crippen LogP contribution in [-0.2, 0) is 5.88 Å². The van der Waals surface area contributed by atoms with Crippen LogP contribution in [-0.4, -0.2) is 11.5 Å². The summed E-state index contributed by atoms with van der Waals surface area (Å²) >= 11 is 6.02. The molecular formula is C17H21ClN2. The van der Waals surface area contributed by atoms with Crippen LogP contribution in [0.25, 0.3) is 0 Å². The van der Waals surface area contributed by atoms with Crippen LogP contribution in [0.15, 0.2) is 42.5 Å². The molecule has 1 heterocycles. The van der Waals surface area contributed by atoms with E-state index in [0.29, 0.717) is 11.8 Å². The van der Waals surface area contributed by atoms with Crippen molar-refractivity contribution in [3.05, 3.63) is 53.7 Å². The van der Waals surface area contributed by atoms with Crippen LogP contribution in [0, 0.1) is 0 Å². The van der Waals surface area contributed by atoms with Crippen LogP contribution < -0.4 is 4.90 Å². The van der Waals surface area contributed by atoms with Crippen LogP contribution in [0.5, 0.6) is 0 Å². The topological polar surface area (TPSA) is 16.1 Å². The number of halogens is 1. The molecule has 2 rings (SSSR count). The van der Waals surface area contributed by atoms with Crippen molar-refractivity contribution in [1.82, 2.24) is 4.98 Å². The average Bonchev–Trinajstić information content (AvgIpc) is 2.48. The highest BCUT2D eigenvalue weighted by atomic mass is 35.5. The smallest absolute Gasteiger partial charge is 0.133 e. The van der Waals surface area contributed by atoms with Gasteiger partial charge in [-0.2, -0.15) is 0 Å². The first-order chi connectivity index (χ1) is 9.65. The minimum Gasteiger partial charge on any atom is -0.327 e. The second-order valence-electron chi connectivity index (χ2n) is 5.13. The third-order valence-electron chi connectivity index (χ3n) is 3.30. The number of aromatic nitrogens is 1. The summed E-state index contributed by atoms with van der Waals surface area (Å²) in [5.41, 5.74) is 3.37. The fourth-order valence-corrected chi connectivity index (χ4v) is 2.34. The number of nitrogens with zero attached hydrogens (tertiary/aromatic N) is 2. The molecule has 2 aromatic rings. The van der Waals surface area contributed by atoms with E-state index < -0.39 is 0 Å². The summed E-state index contributed by atoms with van der Waals surface area (Å²) < 4.78 is 0. The van der Waals surface area contributed by atoms with Crippen LogP contribution in [0.3, 0.4) is 0 Å². The van der Waals surface area contributed by atoms with Gasteiger partial charge in [-0.3, -0.25) is 0 Å². The van der Waals surface area contributed by atoms with Crippen LogP contribution >= 0.6 is 11.6 Å². The Morgan fingerprint density at radius 1 is 1.15 bits per heavy atom. The van der Waals surface area contributed by atoms with E-state index in [0.717, 1.165) is 29.3 Å². The lowest BCUT2D eigenvalue weighted by atomic mass is 10.1. The molecule has 0 aliphatic rings. The van der Waals surface area contributed by atoms with Crippen molar-refractivity contribution >= 4 is 23.1 Å². The van der Waals surface area contributed by atoms with Crippen LogP contribution in [0.1, 0.15) is 37.9 Å². The highest BCUT2D eigenvalue weighted by Gasteiger charge is 2.12. The number of anilines is 2. The van der Waals surface area contributed by atoms with E-state index in [9.17, 15) is 0 Å². The minimum atomic E-state index is 0.395. The molecule has 0 radical (unpaired) electrons. The number of hydrogen-bond donors (Lipinski definition) is 0. The predicted molar refractivity (Wildman–Crippen MR) is 87.0 cm³/mol. The lowest BCUT2D eigenvalue weighted by molar-refractivity contribution is 0.813. The monoisotopic (exact) mass is 288 g/mol. The Balaban J connectivity index is 2.46. The molecule has 1 aromatic carbocycles. The fraction of sp³-hybridized carbons (Fsp3) is 0.353. The molecule has 0 aliphatic carbocycles. The van der Waals surface area contributed by atoms with Gasteiger partial charge >= 0.3 is 0 Å². The maximum atomic E-state index is 6.02. The maximum absolute atomic E-state index is 6.02. The van der Waals surface area contributed by atoms with Crippen molar-refractivity contribution in [3.63, 3.8) is 0 Å². The number of para-hydroxylation sites is 1. The van der Waals surface area contributed by atoms with Gasteiger partial charge in [0.2, 0.25) is 0 Å². The van der Waals surface area contributed by atoms with Crippen molar-refractivity contribution in [3.8, 4) is 0 Å². The Labute approximate surface area is 126 Å². The zero-order valence-electron chi connectivity index (χ0n) is 12.3. The molecule has 20 heavy (non-hydrogen) atoms. The average molecular weight is 289 g/mol. The molecule has 0 N–H and O–H groups in total. The Kier molecular flexibility index (Phi) is 5.02. The summed E-state index contributed by atoms with van der Waals surface area (Å²) in [6.45, 7) is 7.32. The first-order valence-corrected chi connectivity index (χ1v) is 7.58. The molecular weight excluding hydrogens is 268 g/mol. The standard InChI is InChI=1S/C17H21ClN2/c1-4-20(15-8-6-5-7-9-15)17-11-14(12-18)10-16(19-17)13(2)3/h5-11,13H,4,12H2,1-3H3. The van der Waals surface area contributed by atoms with Crippen LogP contribution in [0.4, 0.5) is 11.5 Å². The highest BCUT2D eigenvalue weighted by molar-refractivity contribution is 6.17. The largest absolute Gasteiger partial charge is 0.327 e. The number of rotatable bonds is 5. The maximum Gasteiger partial charge on any atom is 0.133 e. The van der Waals surface area contributed by atoms with Gasteiger partial charge < -0.3 is 4.90 Å². The molecule has 0 atom stereocenters. The Morgan fingerprint density at radius 2 is 1.85 bits per heavy atom. The van der Waals surface area contributed by atoms with E-state index in [4.69, 9.17) is 16.6 Å². The predicted octanol–water partition coefficient (Wildman–Crippen LogP) is 5.10. The molecule has 0 saturated carbocycles. The summed E-state index contributed by atoms with van der Waals surface area (Å²) in [6.07, 6.45) is 0. The van der Waals surface area contributed by atoms with E-state index in [1.165, 1.54) is 0 Å². The van der Waals surface area contributed by atoms with Crippen molar-refractivity contribution in [2.75, 3.05) is 11.4 Å². The minimum absolute atomic E-state index is 0.395. The molecule has 0 aliphatic heterocycles. The molecule has 3 heteroatoms. The zero-order chi connectivity index (χ0) is 14.5. The molecule has 106 valence electrons. The second-order valence-corrected chi connectivity index (χ2v) is 5.39. The molecule has 0 fully saturated rings. The number of hydrogen-bond acceptors (Lipinski definition) is 2. The van der Waals surface area contributed by atoms with Gasteiger partial charge in [-0.25, -0.2) is 4.98 Å². The fourth-order valence-electron chi connectivity index (χ4n) is 2.19. The van der Waals surface area contributed by atoms with Gasteiger partial charge in [-0.15, -0.1) is 11.6 Å². The quantitative estimate of drug-likeness (QED) is 0.711. The van der Waals surface area contributed by atoms with Gasteiger partial charge in [-0.05, 0) is 42.7 Å². The third-order valence-corrected chi connectivity index (χ3v) is 3.61. The van der Waals surface area contributed by atoms with E-state index in [2.05, 4.69) is 49.9 Å². The number of benzene rings is 1. The lowest BCUT2D eigenvalue weighted by Crippen LogP contribution is -2.18. The van der Waals surface area contributed by atoms with Gasteiger partial charge in [-0.1, -0.05) is 32.0 Å². The Hall–Kier alpha value is -1.54. The Morgan fingerprint density at radius 3 is 2.40 bits per heavy atom. The second kappa shape index (κ2) is 6.76. The van der Waals surface area contributed by atoms with E-state index >= 15 is 0 Å². The zero-order valence-corrected chi connectivity index (χ0v) is 13.1. The third kappa shape index (κ3) is 3.31. The van der Waals surface area contributed by atoms with Gasteiger partial charge in [0.15, 0.2) is 0 Å². The first-order valence-electron chi connectivity index (χ1n) is 7.05. The van der Waals surface area contributed by atoms with E-state index in [-0.39, 0.29) is 0 Å². The lowest BCUT2D eigenvalue weighted by Gasteiger charge is -2.24. The molecule has 0 unspecified atom stereocenters. The van der Waals surface area contributed by atoms with Crippen molar-refractivity contribution < 1.29 is 0 Å². The van der Waals surface area contributed by atoms with Crippen molar-refractivity contribution in [2.24, 2.45) is 0 Å². The summed E-state index contributed by atoms with van der Waals surface area (Å²) in [7, 11) is 0. The molecule has 0 amide bonds. The summed E-state index contributed by atoms with van der Waals surface area (Å²) in [5.74, 6) is 1.88. The van der Waals surface area contributed by atoms with Gasteiger partial charge in [0.1, 0.15) is 5.82 Å². The van der Waals surface area contributed by atoms with Crippen LogP contribution in [0.2, 0.25) is 0 Å². The van der Waals surface area contributed by atoms with E-state index in [1.807, 2.05) is 18.2 Å². The SMILES string of the molecule is CCN(c1ccccc1)c1cc(CCl)cc(C(C)C)n1. The number of pyridine rings is 1. The van der Waals surface area contributed by atoms with Crippen molar-refractivity contribution in [1.29, 1.82) is 0 Å². The first kappa shape index (κ1) is 14.9. The molecule has 0 bridgehead atoms. The normalized spacial score (nSPS) is 10.8. The van der Waals surface area contributed by atoms with Gasteiger partial charge in [0.05, 0.1) is 0 Å². The summed E-state index contributed by atoms with van der Waals surface area (Å²) in [5, 5.41) is 0.